The lowest BCUT2D eigenvalue weighted by Gasteiger charge is -2.30. The van der Waals surface area contributed by atoms with E-state index in [0.717, 1.165) is 0 Å². The summed E-state index contributed by atoms with van der Waals surface area (Å²) in [6.07, 6.45) is 0.451. The van der Waals surface area contributed by atoms with E-state index < -0.39 is 11.9 Å². The molecule has 3 rings (SSSR count). The Morgan fingerprint density at radius 3 is 2.79 bits per heavy atom. The van der Waals surface area contributed by atoms with Crippen molar-refractivity contribution < 1.29 is 19.2 Å². The number of carbonyl (C=O) groups excluding carboxylic acids is 4. The predicted octanol–water partition coefficient (Wildman–Crippen LogP) is 0.554. The smallest absolute Gasteiger partial charge is 0.260 e. The Balaban J connectivity index is 1.94. The lowest BCUT2D eigenvalue weighted by molar-refractivity contribution is -0.136. The van der Waals surface area contributed by atoms with E-state index in [-0.39, 0.29) is 37.1 Å². The number of benzene rings is 1. The highest BCUT2D eigenvalue weighted by atomic mass is 16.2. The minimum Gasteiger partial charge on any atom is -0.352 e. The van der Waals surface area contributed by atoms with Gasteiger partial charge in [0.25, 0.3) is 5.91 Å². The molecule has 0 unspecified atom stereocenters. The predicted molar refractivity (Wildman–Crippen MR) is 85.3 cm³/mol. The van der Waals surface area contributed by atoms with Gasteiger partial charge in [0.2, 0.25) is 17.7 Å². The number of rotatable bonds is 3. The molecule has 124 valence electrons. The quantitative estimate of drug-likeness (QED) is 0.793. The van der Waals surface area contributed by atoms with Crippen molar-refractivity contribution in [3.05, 3.63) is 41.5 Å². The van der Waals surface area contributed by atoms with Gasteiger partial charge in [0, 0.05) is 31.1 Å². The third-order valence-corrected chi connectivity index (χ3v) is 4.23. The van der Waals surface area contributed by atoms with Gasteiger partial charge in [-0.2, -0.15) is 0 Å². The lowest BCUT2D eigenvalue weighted by Crippen LogP contribution is -2.52. The van der Waals surface area contributed by atoms with Crippen molar-refractivity contribution in [2.45, 2.75) is 32.4 Å². The SMILES string of the molecule is C=C1c2cccc(CNC(C)=O)c2C(=O)N1[C@@H]1CCC(=O)NC1=O. The van der Waals surface area contributed by atoms with Gasteiger partial charge in [-0.15, -0.1) is 0 Å². The first-order valence-electron chi connectivity index (χ1n) is 7.63. The van der Waals surface area contributed by atoms with E-state index in [4.69, 9.17) is 0 Å². The lowest BCUT2D eigenvalue weighted by atomic mass is 10.0. The Kier molecular flexibility index (Phi) is 3.92. The molecule has 1 fully saturated rings. The molecule has 7 nitrogen and oxygen atoms in total. The summed E-state index contributed by atoms with van der Waals surface area (Å²) in [6, 6.07) is 4.55. The second-order valence-corrected chi connectivity index (χ2v) is 5.84. The first-order valence-corrected chi connectivity index (χ1v) is 7.63. The highest BCUT2D eigenvalue weighted by Gasteiger charge is 2.42. The van der Waals surface area contributed by atoms with Crippen LogP contribution in [0.15, 0.2) is 24.8 Å². The summed E-state index contributed by atoms with van der Waals surface area (Å²) in [5.41, 5.74) is 2.20. The van der Waals surface area contributed by atoms with E-state index >= 15 is 0 Å². The van der Waals surface area contributed by atoms with Crippen molar-refractivity contribution in [3.63, 3.8) is 0 Å². The van der Waals surface area contributed by atoms with Crippen LogP contribution in [0.4, 0.5) is 0 Å². The van der Waals surface area contributed by atoms with Crippen LogP contribution < -0.4 is 10.6 Å². The van der Waals surface area contributed by atoms with Crippen LogP contribution in [-0.2, 0) is 20.9 Å². The second kappa shape index (κ2) is 5.92. The second-order valence-electron chi connectivity index (χ2n) is 5.84. The van der Waals surface area contributed by atoms with Crippen molar-refractivity contribution in [2.75, 3.05) is 0 Å². The third-order valence-electron chi connectivity index (χ3n) is 4.23. The number of nitrogens with zero attached hydrogens (tertiary/aromatic N) is 1. The molecule has 1 saturated heterocycles. The van der Waals surface area contributed by atoms with Crippen molar-refractivity contribution in [1.29, 1.82) is 0 Å². The zero-order valence-electron chi connectivity index (χ0n) is 13.2. The molecule has 0 aromatic heterocycles. The molecular weight excluding hydrogens is 310 g/mol. The van der Waals surface area contributed by atoms with Crippen LogP contribution in [0.3, 0.4) is 0 Å². The number of hydrogen-bond donors (Lipinski definition) is 2. The molecular formula is C17H17N3O4. The van der Waals surface area contributed by atoms with Crippen LogP contribution in [0.25, 0.3) is 5.70 Å². The van der Waals surface area contributed by atoms with Gasteiger partial charge in [-0.25, -0.2) is 0 Å². The largest absolute Gasteiger partial charge is 0.352 e. The van der Waals surface area contributed by atoms with Crippen LogP contribution >= 0.6 is 0 Å². The van der Waals surface area contributed by atoms with Crippen LogP contribution in [0.5, 0.6) is 0 Å². The van der Waals surface area contributed by atoms with E-state index in [9.17, 15) is 19.2 Å². The van der Waals surface area contributed by atoms with Crippen LogP contribution in [-0.4, -0.2) is 34.6 Å². The molecule has 1 aromatic rings. The Morgan fingerprint density at radius 2 is 2.12 bits per heavy atom. The summed E-state index contributed by atoms with van der Waals surface area (Å²) in [7, 11) is 0. The molecule has 2 aliphatic rings. The van der Waals surface area contributed by atoms with Gasteiger partial charge in [-0.3, -0.25) is 29.4 Å². The molecule has 1 atom stereocenters. The summed E-state index contributed by atoms with van der Waals surface area (Å²) in [4.78, 5) is 48.8. The molecule has 7 heteroatoms. The number of carbonyl (C=O) groups is 4. The summed E-state index contributed by atoms with van der Waals surface area (Å²) in [6.45, 7) is 5.57. The molecule has 0 saturated carbocycles. The molecule has 24 heavy (non-hydrogen) atoms. The highest BCUT2D eigenvalue weighted by molar-refractivity contribution is 6.13. The summed E-state index contributed by atoms with van der Waals surface area (Å²) < 4.78 is 0. The average Bonchev–Trinajstić information content (AvgIpc) is 2.78. The maximum atomic E-state index is 12.9. The standard InChI is InChI=1S/C17H17N3O4/c1-9-12-5-3-4-11(8-18-10(2)21)15(12)17(24)20(9)13-6-7-14(22)19-16(13)23/h3-5,13H,1,6-8H2,2H3,(H,18,21)(H,19,22,23)/t13-/m1/s1. The maximum Gasteiger partial charge on any atom is 0.260 e. The summed E-state index contributed by atoms with van der Waals surface area (Å²) >= 11 is 0. The summed E-state index contributed by atoms with van der Waals surface area (Å²) in [5, 5.41) is 4.93. The van der Waals surface area contributed by atoms with Crippen LogP contribution in [0, 0.1) is 0 Å². The molecule has 0 spiro atoms. The molecule has 2 heterocycles. The third kappa shape index (κ3) is 2.58. The fourth-order valence-corrected chi connectivity index (χ4v) is 3.09. The van der Waals surface area contributed by atoms with Crippen molar-refractivity contribution >= 4 is 29.3 Å². The fourth-order valence-electron chi connectivity index (χ4n) is 3.09. The van der Waals surface area contributed by atoms with Gasteiger partial charge in [-0.1, -0.05) is 24.8 Å². The fraction of sp³-hybridized carbons (Fsp3) is 0.294. The Labute approximate surface area is 138 Å². The Hall–Kier alpha value is -2.96. The van der Waals surface area contributed by atoms with E-state index in [2.05, 4.69) is 17.2 Å². The Morgan fingerprint density at radius 1 is 1.38 bits per heavy atom. The highest BCUT2D eigenvalue weighted by Crippen LogP contribution is 2.36. The maximum absolute atomic E-state index is 12.9. The van der Waals surface area contributed by atoms with Crippen molar-refractivity contribution in [3.8, 4) is 0 Å². The van der Waals surface area contributed by atoms with E-state index in [1.54, 1.807) is 18.2 Å². The minimum atomic E-state index is -0.747. The number of fused-ring (bicyclic) bond motifs is 1. The van der Waals surface area contributed by atoms with E-state index in [1.165, 1.54) is 11.8 Å². The number of nitrogens with one attached hydrogen (secondary N) is 2. The monoisotopic (exact) mass is 327 g/mol. The number of hydrogen-bond acceptors (Lipinski definition) is 4. The Bertz CT molecular complexity index is 784. The molecule has 0 aliphatic carbocycles. The number of imide groups is 1. The van der Waals surface area contributed by atoms with E-state index in [0.29, 0.717) is 22.4 Å². The van der Waals surface area contributed by atoms with Gasteiger partial charge in [-0.05, 0) is 12.0 Å². The molecule has 4 amide bonds. The van der Waals surface area contributed by atoms with Gasteiger partial charge in [0.1, 0.15) is 6.04 Å². The molecule has 2 N–H and O–H groups in total. The topological polar surface area (TPSA) is 95.6 Å². The van der Waals surface area contributed by atoms with E-state index in [1.807, 2.05) is 0 Å². The minimum absolute atomic E-state index is 0.183. The number of amides is 4. The van der Waals surface area contributed by atoms with Crippen LogP contribution in [0.2, 0.25) is 0 Å². The van der Waals surface area contributed by atoms with Crippen LogP contribution in [0.1, 0.15) is 41.3 Å². The summed E-state index contributed by atoms with van der Waals surface area (Å²) in [5.74, 6) is -1.35. The zero-order valence-corrected chi connectivity index (χ0v) is 13.2. The van der Waals surface area contributed by atoms with Crippen molar-refractivity contribution in [1.82, 2.24) is 15.5 Å². The molecule has 1 aromatic carbocycles. The first kappa shape index (κ1) is 15.9. The van der Waals surface area contributed by atoms with Gasteiger partial charge >= 0.3 is 0 Å². The molecule has 0 bridgehead atoms. The average molecular weight is 327 g/mol. The van der Waals surface area contributed by atoms with Gasteiger partial charge in [0.15, 0.2) is 0 Å². The van der Waals surface area contributed by atoms with Gasteiger partial charge < -0.3 is 5.32 Å². The zero-order chi connectivity index (χ0) is 17.4. The molecule has 0 radical (unpaired) electrons. The van der Waals surface area contributed by atoms with Gasteiger partial charge in [0.05, 0.1) is 5.56 Å². The normalized spacial score (nSPS) is 20.0. The number of piperidine rings is 1. The van der Waals surface area contributed by atoms with Crippen molar-refractivity contribution in [2.24, 2.45) is 0 Å². The first-order chi connectivity index (χ1) is 11.4. The molecule has 2 aliphatic heterocycles.